The predicted molar refractivity (Wildman–Crippen MR) is 68.2 cm³/mol. The van der Waals surface area contributed by atoms with E-state index in [1.165, 1.54) is 0 Å². The maximum atomic E-state index is 11.7. The van der Waals surface area contributed by atoms with Crippen molar-refractivity contribution in [1.29, 1.82) is 0 Å². The average Bonchev–Trinajstić information content (AvgIpc) is 2.35. The lowest BCUT2D eigenvalue weighted by atomic mass is 9.76. The second-order valence-electron chi connectivity index (χ2n) is 5.12. The minimum Gasteiger partial charge on any atom is -0.480 e. The zero-order valence-corrected chi connectivity index (χ0v) is 11.1. The number of rotatable bonds is 5. The molecule has 0 saturated heterocycles. The van der Waals surface area contributed by atoms with Crippen LogP contribution in [0.5, 0.6) is 0 Å². The van der Waals surface area contributed by atoms with Crippen LogP contribution >= 0.6 is 0 Å². The molecular formula is C12H21N3O4. The van der Waals surface area contributed by atoms with E-state index in [0.29, 0.717) is 12.8 Å². The fraction of sp³-hybridized carbons (Fsp3) is 0.750. The smallest absolute Gasteiger partial charge is 0.329 e. The quantitative estimate of drug-likeness (QED) is 0.522. The molecule has 0 radical (unpaired) electrons. The molecule has 7 nitrogen and oxygen atoms in total. The molecule has 1 rings (SSSR count). The van der Waals surface area contributed by atoms with Crippen molar-refractivity contribution in [2.75, 3.05) is 13.1 Å². The summed E-state index contributed by atoms with van der Waals surface area (Å²) >= 11 is 0. The van der Waals surface area contributed by atoms with Crippen molar-refractivity contribution in [3.05, 3.63) is 0 Å². The van der Waals surface area contributed by atoms with Gasteiger partial charge in [0.1, 0.15) is 5.54 Å². The predicted octanol–water partition coefficient (Wildman–Crippen LogP) is -0.789. The average molecular weight is 271 g/mol. The van der Waals surface area contributed by atoms with E-state index in [1.807, 2.05) is 6.92 Å². The number of aliphatic carboxylic acids is 1. The van der Waals surface area contributed by atoms with E-state index in [2.05, 4.69) is 10.6 Å². The minimum absolute atomic E-state index is 0.200. The molecule has 19 heavy (non-hydrogen) atoms. The summed E-state index contributed by atoms with van der Waals surface area (Å²) in [7, 11) is 0. The second-order valence-corrected chi connectivity index (χ2v) is 5.12. The maximum Gasteiger partial charge on any atom is 0.329 e. The monoisotopic (exact) mass is 271 g/mol. The lowest BCUT2D eigenvalue weighted by molar-refractivity contribution is -0.149. The van der Waals surface area contributed by atoms with Crippen molar-refractivity contribution in [1.82, 2.24) is 10.6 Å². The molecule has 0 aromatic carbocycles. The van der Waals surface area contributed by atoms with Crippen LogP contribution in [0.4, 0.5) is 0 Å². The second kappa shape index (κ2) is 6.51. The van der Waals surface area contributed by atoms with Crippen LogP contribution in [0.3, 0.4) is 0 Å². The first-order valence-corrected chi connectivity index (χ1v) is 6.41. The molecule has 1 aliphatic carbocycles. The van der Waals surface area contributed by atoms with Crippen molar-refractivity contribution >= 4 is 17.8 Å². The van der Waals surface area contributed by atoms with Gasteiger partial charge in [0.05, 0.1) is 13.1 Å². The normalized spacial score (nSPS) is 26.5. The highest BCUT2D eigenvalue weighted by Crippen LogP contribution is 2.32. The molecule has 0 bridgehead atoms. The highest BCUT2D eigenvalue weighted by atomic mass is 16.4. The number of carboxylic acid groups (broad SMARTS) is 1. The molecule has 0 spiro atoms. The first-order valence-electron chi connectivity index (χ1n) is 6.41. The lowest BCUT2D eigenvalue weighted by Crippen LogP contribution is -2.58. The van der Waals surface area contributed by atoms with Crippen molar-refractivity contribution in [3.8, 4) is 0 Å². The summed E-state index contributed by atoms with van der Waals surface area (Å²) in [6, 6.07) is 0. The Labute approximate surface area is 111 Å². The summed E-state index contributed by atoms with van der Waals surface area (Å²) in [6.45, 7) is 1.52. The summed E-state index contributed by atoms with van der Waals surface area (Å²) in [4.78, 5) is 34.1. The topological polar surface area (TPSA) is 122 Å². The Morgan fingerprint density at radius 1 is 1.37 bits per heavy atom. The van der Waals surface area contributed by atoms with Gasteiger partial charge in [-0.2, -0.15) is 0 Å². The van der Waals surface area contributed by atoms with E-state index in [0.717, 1.165) is 12.8 Å². The summed E-state index contributed by atoms with van der Waals surface area (Å²) in [5.41, 5.74) is 3.89. The Bertz CT molecular complexity index is 372. The van der Waals surface area contributed by atoms with Crippen LogP contribution in [0.25, 0.3) is 0 Å². The Balaban J connectivity index is 2.61. The molecule has 1 saturated carbocycles. The number of hydrogen-bond acceptors (Lipinski definition) is 4. The largest absolute Gasteiger partial charge is 0.480 e. The van der Waals surface area contributed by atoms with Gasteiger partial charge in [0.2, 0.25) is 11.8 Å². The van der Waals surface area contributed by atoms with Crippen molar-refractivity contribution in [3.63, 3.8) is 0 Å². The minimum atomic E-state index is -1.21. The molecule has 0 aromatic rings. The summed E-state index contributed by atoms with van der Waals surface area (Å²) < 4.78 is 0. The number of nitrogens with two attached hydrogens (primary N) is 1. The van der Waals surface area contributed by atoms with Gasteiger partial charge in [-0.15, -0.1) is 0 Å². The first-order chi connectivity index (χ1) is 8.89. The molecule has 1 aliphatic rings. The zero-order chi connectivity index (χ0) is 14.5. The number of carbonyl (C=O) groups is 3. The van der Waals surface area contributed by atoms with E-state index < -0.39 is 23.3 Å². The molecule has 5 N–H and O–H groups in total. The van der Waals surface area contributed by atoms with Gasteiger partial charge in [-0.3, -0.25) is 9.59 Å². The summed E-state index contributed by atoms with van der Waals surface area (Å²) in [6.07, 6.45) is 2.57. The Morgan fingerprint density at radius 3 is 2.58 bits per heavy atom. The Hall–Kier alpha value is -1.63. The van der Waals surface area contributed by atoms with E-state index in [1.54, 1.807) is 0 Å². The van der Waals surface area contributed by atoms with E-state index in [-0.39, 0.29) is 19.0 Å². The molecule has 7 heteroatoms. The fourth-order valence-electron chi connectivity index (χ4n) is 2.47. The Kier molecular flexibility index (Phi) is 5.29. The molecule has 2 unspecified atom stereocenters. The van der Waals surface area contributed by atoms with E-state index in [4.69, 9.17) is 5.73 Å². The van der Waals surface area contributed by atoms with Gasteiger partial charge in [0.25, 0.3) is 0 Å². The third kappa shape index (κ3) is 4.20. The molecule has 2 atom stereocenters. The molecule has 0 aliphatic heterocycles. The lowest BCUT2D eigenvalue weighted by Gasteiger charge is -2.37. The molecular weight excluding hydrogens is 250 g/mol. The molecule has 0 aromatic heterocycles. The van der Waals surface area contributed by atoms with Crippen molar-refractivity contribution in [2.24, 2.45) is 11.7 Å². The van der Waals surface area contributed by atoms with Crippen LogP contribution in [0, 0.1) is 5.92 Å². The van der Waals surface area contributed by atoms with Crippen LogP contribution in [-0.2, 0) is 14.4 Å². The van der Waals surface area contributed by atoms with Gasteiger partial charge >= 0.3 is 5.97 Å². The van der Waals surface area contributed by atoms with Crippen LogP contribution in [0.1, 0.15) is 32.6 Å². The van der Waals surface area contributed by atoms with Crippen LogP contribution < -0.4 is 16.4 Å². The maximum absolute atomic E-state index is 11.7. The molecule has 108 valence electrons. The molecule has 2 amide bonds. The number of hydrogen-bond donors (Lipinski definition) is 4. The van der Waals surface area contributed by atoms with Gasteiger partial charge < -0.3 is 21.5 Å². The van der Waals surface area contributed by atoms with Gasteiger partial charge in [-0.05, 0) is 18.8 Å². The number of amides is 2. The van der Waals surface area contributed by atoms with Gasteiger partial charge in [0, 0.05) is 0 Å². The molecule has 1 fully saturated rings. The van der Waals surface area contributed by atoms with E-state index in [9.17, 15) is 19.5 Å². The van der Waals surface area contributed by atoms with Crippen LogP contribution in [0.15, 0.2) is 0 Å². The Morgan fingerprint density at radius 2 is 2.05 bits per heavy atom. The summed E-state index contributed by atoms with van der Waals surface area (Å²) in [5.74, 6) is -1.71. The molecule has 0 heterocycles. The summed E-state index contributed by atoms with van der Waals surface area (Å²) in [5, 5.41) is 14.2. The van der Waals surface area contributed by atoms with Crippen molar-refractivity contribution < 1.29 is 19.5 Å². The number of carbonyl (C=O) groups excluding carboxylic acids is 2. The standard InChI is InChI=1S/C12H21N3O4/c1-8-3-2-4-12(5-8,11(18)19)15-10(17)7-14-9(16)6-13/h8H,2-7,13H2,1H3,(H,14,16)(H,15,17)(H,18,19). The SMILES string of the molecule is CC1CCCC(NC(=O)CNC(=O)CN)(C(=O)O)C1. The van der Waals surface area contributed by atoms with Gasteiger partial charge in [0.15, 0.2) is 0 Å². The van der Waals surface area contributed by atoms with E-state index >= 15 is 0 Å². The van der Waals surface area contributed by atoms with Crippen LogP contribution in [-0.4, -0.2) is 41.5 Å². The third-order valence-electron chi connectivity index (χ3n) is 3.42. The number of carboxylic acids is 1. The van der Waals surface area contributed by atoms with Crippen molar-refractivity contribution in [2.45, 2.75) is 38.1 Å². The number of nitrogens with one attached hydrogen (secondary N) is 2. The first kappa shape index (κ1) is 15.4. The highest BCUT2D eigenvalue weighted by Gasteiger charge is 2.43. The van der Waals surface area contributed by atoms with Crippen LogP contribution in [0.2, 0.25) is 0 Å². The highest BCUT2D eigenvalue weighted by molar-refractivity contribution is 5.90. The fourth-order valence-corrected chi connectivity index (χ4v) is 2.47. The van der Waals surface area contributed by atoms with Gasteiger partial charge in [-0.25, -0.2) is 4.79 Å². The zero-order valence-electron chi connectivity index (χ0n) is 11.1. The third-order valence-corrected chi connectivity index (χ3v) is 3.42. The van der Waals surface area contributed by atoms with Gasteiger partial charge in [-0.1, -0.05) is 19.8 Å².